The summed E-state index contributed by atoms with van der Waals surface area (Å²) < 4.78 is 11.9. The standard InChI is InChI=1S/C18H27BO2/c1-6-7-8-15-9-11-16(12-10-15)13-14-19-20-17(2,3)18(4,5)21-19/h9-14H,6-8H2,1-5H3/b14-13+. The zero-order valence-corrected chi connectivity index (χ0v) is 14.0. The molecular weight excluding hydrogens is 259 g/mol. The van der Waals surface area contributed by atoms with Gasteiger partial charge in [0.1, 0.15) is 0 Å². The number of unbranched alkanes of at least 4 members (excludes halogenated alkanes) is 1. The van der Waals surface area contributed by atoms with Crippen LogP contribution < -0.4 is 0 Å². The van der Waals surface area contributed by atoms with Gasteiger partial charge in [-0.15, -0.1) is 0 Å². The smallest absolute Gasteiger partial charge is 0.400 e. The molecule has 1 fully saturated rings. The van der Waals surface area contributed by atoms with E-state index in [2.05, 4.69) is 65.0 Å². The third kappa shape index (κ3) is 3.99. The Morgan fingerprint density at radius 1 is 1.00 bits per heavy atom. The van der Waals surface area contributed by atoms with Crippen LogP contribution in [0.4, 0.5) is 0 Å². The van der Waals surface area contributed by atoms with Crippen molar-refractivity contribution in [1.82, 2.24) is 0 Å². The first kappa shape index (κ1) is 16.3. The van der Waals surface area contributed by atoms with Crippen LogP contribution in [0.1, 0.15) is 58.6 Å². The van der Waals surface area contributed by atoms with E-state index in [-0.39, 0.29) is 18.3 Å². The average molecular weight is 286 g/mol. The van der Waals surface area contributed by atoms with Crippen molar-refractivity contribution in [3.05, 3.63) is 41.4 Å². The van der Waals surface area contributed by atoms with E-state index in [1.807, 2.05) is 5.98 Å². The third-order valence-electron chi connectivity index (χ3n) is 4.52. The van der Waals surface area contributed by atoms with Gasteiger partial charge >= 0.3 is 7.12 Å². The molecular formula is C18H27BO2. The summed E-state index contributed by atoms with van der Waals surface area (Å²) in [6, 6.07) is 8.73. The van der Waals surface area contributed by atoms with Gasteiger partial charge in [0.2, 0.25) is 0 Å². The molecule has 1 aliphatic rings. The highest BCUT2D eigenvalue weighted by Gasteiger charge is 2.49. The molecule has 1 aromatic rings. The molecule has 3 heteroatoms. The third-order valence-corrected chi connectivity index (χ3v) is 4.52. The van der Waals surface area contributed by atoms with Crippen molar-refractivity contribution >= 4 is 13.2 Å². The monoisotopic (exact) mass is 286 g/mol. The molecule has 2 nitrogen and oxygen atoms in total. The molecule has 1 aromatic carbocycles. The Labute approximate surface area is 129 Å². The van der Waals surface area contributed by atoms with Crippen LogP contribution in [-0.2, 0) is 15.7 Å². The average Bonchev–Trinajstić information content (AvgIpc) is 2.63. The molecule has 0 atom stereocenters. The molecule has 1 aliphatic heterocycles. The van der Waals surface area contributed by atoms with Gasteiger partial charge in [0, 0.05) is 0 Å². The molecule has 0 aliphatic carbocycles. The van der Waals surface area contributed by atoms with Crippen molar-refractivity contribution in [3.63, 3.8) is 0 Å². The highest BCUT2D eigenvalue weighted by Crippen LogP contribution is 2.37. The van der Waals surface area contributed by atoms with Crippen LogP contribution in [0.5, 0.6) is 0 Å². The molecule has 0 N–H and O–H groups in total. The number of hydrogen-bond acceptors (Lipinski definition) is 2. The lowest BCUT2D eigenvalue weighted by atomic mass is 9.89. The molecule has 2 rings (SSSR count). The summed E-state index contributed by atoms with van der Waals surface area (Å²) in [6.45, 7) is 10.5. The van der Waals surface area contributed by atoms with E-state index >= 15 is 0 Å². The van der Waals surface area contributed by atoms with E-state index in [4.69, 9.17) is 9.31 Å². The van der Waals surface area contributed by atoms with E-state index in [0.29, 0.717) is 0 Å². The molecule has 0 amide bonds. The minimum absolute atomic E-state index is 0.269. The SMILES string of the molecule is CCCCc1ccc(/C=C/B2OC(C)(C)C(C)(C)O2)cc1. The van der Waals surface area contributed by atoms with Crippen LogP contribution in [0, 0.1) is 0 Å². The van der Waals surface area contributed by atoms with E-state index in [1.54, 1.807) is 0 Å². The van der Waals surface area contributed by atoms with Gasteiger partial charge in [0.15, 0.2) is 0 Å². The van der Waals surface area contributed by atoms with Gasteiger partial charge in [-0.1, -0.05) is 49.7 Å². The fourth-order valence-corrected chi connectivity index (χ4v) is 2.33. The second kappa shape index (κ2) is 6.37. The number of aryl methyl sites for hydroxylation is 1. The Morgan fingerprint density at radius 2 is 1.57 bits per heavy atom. The van der Waals surface area contributed by atoms with E-state index in [1.165, 1.54) is 24.0 Å². The maximum absolute atomic E-state index is 5.95. The lowest BCUT2D eigenvalue weighted by Crippen LogP contribution is -2.41. The molecule has 0 radical (unpaired) electrons. The molecule has 21 heavy (non-hydrogen) atoms. The predicted molar refractivity (Wildman–Crippen MR) is 90.2 cm³/mol. The summed E-state index contributed by atoms with van der Waals surface area (Å²) in [5.74, 6) is 2.00. The van der Waals surface area contributed by atoms with Gasteiger partial charge in [0.25, 0.3) is 0 Å². The summed E-state index contributed by atoms with van der Waals surface area (Å²) in [5.41, 5.74) is 2.05. The normalized spacial score (nSPS) is 20.3. The van der Waals surface area contributed by atoms with Gasteiger partial charge < -0.3 is 9.31 Å². The van der Waals surface area contributed by atoms with Crippen molar-refractivity contribution in [3.8, 4) is 0 Å². The van der Waals surface area contributed by atoms with Crippen molar-refractivity contribution in [2.75, 3.05) is 0 Å². The lowest BCUT2D eigenvalue weighted by Gasteiger charge is -2.32. The molecule has 1 heterocycles. The van der Waals surface area contributed by atoms with Crippen LogP contribution >= 0.6 is 0 Å². The minimum Gasteiger partial charge on any atom is -0.400 e. The van der Waals surface area contributed by atoms with E-state index < -0.39 is 0 Å². The van der Waals surface area contributed by atoms with Crippen LogP contribution in [0.2, 0.25) is 0 Å². The maximum atomic E-state index is 5.95. The quantitative estimate of drug-likeness (QED) is 0.732. The van der Waals surface area contributed by atoms with Crippen molar-refractivity contribution in [2.24, 2.45) is 0 Å². The fraction of sp³-hybridized carbons (Fsp3) is 0.556. The predicted octanol–water partition coefficient (Wildman–Crippen LogP) is 4.67. The van der Waals surface area contributed by atoms with Crippen LogP contribution in [-0.4, -0.2) is 18.3 Å². The minimum atomic E-state index is -0.272. The Kier molecular flexibility index (Phi) is 4.95. The first-order chi connectivity index (χ1) is 9.84. The highest BCUT2D eigenvalue weighted by molar-refractivity contribution is 6.52. The zero-order chi connectivity index (χ0) is 15.5. The molecule has 0 unspecified atom stereocenters. The number of rotatable bonds is 5. The molecule has 0 saturated carbocycles. The van der Waals surface area contributed by atoms with Crippen LogP contribution in [0.15, 0.2) is 30.2 Å². The second-order valence-corrected chi connectivity index (χ2v) is 6.83. The molecule has 114 valence electrons. The lowest BCUT2D eigenvalue weighted by molar-refractivity contribution is 0.00578. The Bertz CT molecular complexity index is 472. The molecule has 0 spiro atoms. The Balaban J connectivity index is 1.96. The summed E-state index contributed by atoms with van der Waals surface area (Å²) in [6.07, 6.45) is 5.73. The van der Waals surface area contributed by atoms with Gasteiger partial charge in [-0.05, 0) is 51.7 Å². The topological polar surface area (TPSA) is 18.5 Å². The van der Waals surface area contributed by atoms with Gasteiger partial charge in [0.05, 0.1) is 11.2 Å². The zero-order valence-electron chi connectivity index (χ0n) is 14.0. The van der Waals surface area contributed by atoms with E-state index in [0.717, 1.165) is 6.42 Å². The summed E-state index contributed by atoms with van der Waals surface area (Å²) in [7, 11) is -0.269. The van der Waals surface area contributed by atoms with E-state index in [9.17, 15) is 0 Å². The molecule has 1 saturated heterocycles. The number of benzene rings is 1. The van der Waals surface area contributed by atoms with Crippen LogP contribution in [0.3, 0.4) is 0 Å². The Hall–Kier alpha value is -1.06. The largest absolute Gasteiger partial charge is 0.487 e. The summed E-state index contributed by atoms with van der Waals surface area (Å²) >= 11 is 0. The number of hydrogen-bond donors (Lipinski definition) is 0. The summed E-state index contributed by atoms with van der Waals surface area (Å²) in [4.78, 5) is 0. The first-order valence-corrected chi connectivity index (χ1v) is 7.97. The highest BCUT2D eigenvalue weighted by atomic mass is 16.7. The summed E-state index contributed by atoms with van der Waals surface area (Å²) in [5, 5.41) is 0. The second-order valence-electron chi connectivity index (χ2n) is 6.83. The van der Waals surface area contributed by atoms with Crippen LogP contribution in [0.25, 0.3) is 6.08 Å². The van der Waals surface area contributed by atoms with Crippen molar-refractivity contribution in [1.29, 1.82) is 0 Å². The first-order valence-electron chi connectivity index (χ1n) is 7.97. The fourth-order valence-electron chi connectivity index (χ4n) is 2.33. The van der Waals surface area contributed by atoms with Gasteiger partial charge in [-0.3, -0.25) is 0 Å². The maximum Gasteiger partial charge on any atom is 0.487 e. The van der Waals surface area contributed by atoms with Gasteiger partial charge in [-0.25, -0.2) is 0 Å². The van der Waals surface area contributed by atoms with Crippen molar-refractivity contribution < 1.29 is 9.31 Å². The molecule has 0 aromatic heterocycles. The Morgan fingerprint density at radius 3 is 2.10 bits per heavy atom. The van der Waals surface area contributed by atoms with Gasteiger partial charge in [-0.2, -0.15) is 0 Å². The van der Waals surface area contributed by atoms with Crippen molar-refractivity contribution in [2.45, 2.75) is 65.1 Å². The molecule has 0 bridgehead atoms.